The average Bonchev–Trinajstić information content (AvgIpc) is 3.38. The molecule has 1 N–H and O–H groups in total. The molecule has 0 aliphatic heterocycles. The summed E-state index contributed by atoms with van der Waals surface area (Å²) in [5.41, 5.74) is 6.06. The number of benzene rings is 2. The van der Waals surface area contributed by atoms with Crippen LogP contribution in [0.4, 0.5) is 0 Å². The van der Waals surface area contributed by atoms with E-state index < -0.39 is 0 Å². The highest BCUT2D eigenvalue weighted by Gasteiger charge is 2.15. The lowest BCUT2D eigenvalue weighted by Crippen LogP contribution is -2.23. The first-order chi connectivity index (χ1) is 14.1. The second kappa shape index (κ2) is 8.19. The smallest absolute Gasteiger partial charge is 0.253 e. The Morgan fingerprint density at radius 1 is 0.966 bits per heavy atom. The monoisotopic (exact) mass is 384 g/mol. The van der Waals surface area contributed by atoms with Crippen molar-refractivity contribution >= 4 is 5.91 Å². The van der Waals surface area contributed by atoms with Gasteiger partial charge in [0.15, 0.2) is 0 Å². The number of hydrogen-bond donors (Lipinski definition) is 1. The van der Waals surface area contributed by atoms with Gasteiger partial charge in [0.25, 0.3) is 5.91 Å². The Hall–Kier alpha value is -3.60. The number of carbonyl (C=O) groups is 1. The third-order valence-corrected chi connectivity index (χ3v) is 5.16. The van der Waals surface area contributed by atoms with Crippen molar-refractivity contribution < 1.29 is 4.79 Å². The van der Waals surface area contributed by atoms with Gasteiger partial charge in [-0.25, -0.2) is 4.68 Å². The van der Waals surface area contributed by atoms with Crippen LogP contribution in [-0.4, -0.2) is 20.3 Å². The summed E-state index contributed by atoms with van der Waals surface area (Å²) < 4.78 is 3.99. The molecular weight excluding hydrogens is 360 g/mol. The SMILES string of the molecule is Cc1cc(C(=O)NCc2ccc(-n3cccn3)cc2)c(C)n1Cc1ccccc1. The molecule has 0 saturated carbocycles. The van der Waals surface area contributed by atoms with Crippen molar-refractivity contribution in [2.24, 2.45) is 0 Å². The van der Waals surface area contributed by atoms with Crippen molar-refractivity contribution in [3.8, 4) is 5.69 Å². The summed E-state index contributed by atoms with van der Waals surface area (Å²) in [6.07, 6.45) is 3.66. The maximum absolute atomic E-state index is 12.8. The van der Waals surface area contributed by atoms with E-state index in [0.29, 0.717) is 6.54 Å². The topological polar surface area (TPSA) is 51.9 Å². The highest BCUT2D eigenvalue weighted by atomic mass is 16.1. The van der Waals surface area contributed by atoms with Crippen molar-refractivity contribution in [2.75, 3.05) is 0 Å². The highest BCUT2D eigenvalue weighted by Crippen LogP contribution is 2.17. The van der Waals surface area contributed by atoms with Crippen LogP contribution >= 0.6 is 0 Å². The summed E-state index contributed by atoms with van der Waals surface area (Å²) in [5, 5.41) is 7.26. The maximum Gasteiger partial charge on any atom is 0.253 e. The zero-order valence-electron chi connectivity index (χ0n) is 16.7. The second-order valence-corrected chi connectivity index (χ2v) is 7.16. The molecule has 2 heterocycles. The van der Waals surface area contributed by atoms with Gasteiger partial charge in [-0.15, -0.1) is 0 Å². The maximum atomic E-state index is 12.8. The van der Waals surface area contributed by atoms with Gasteiger partial charge in [0.05, 0.1) is 11.3 Å². The number of hydrogen-bond acceptors (Lipinski definition) is 2. The van der Waals surface area contributed by atoms with Crippen LogP contribution in [0.15, 0.2) is 79.1 Å². The molecule has 0 aliphatic carbocycles. The van der Waals surface area contributed by atoms with Crippen molar-refractivity contribution in [2.45, 2.75) is 26.9 Å². The molecule has 0 unspecified atom stereocenters. The minimum Gasteiger partial charge on any atom is -0.348 e. The lowest BCUT2D eigenvalue weighted by atomic mass is 10.2. The normalized spacial score (nSPS) is 10.8. The number of carbonyl (C=O) groups excluding carboxylic acids is 1. The van der Waals surface area contributed by atoms with E-state index in [2.05, 4.69) is 27.1 Å². The van der Waals surface area contributed by atoms with Crippen LogP contribution < -0.4 is 5.32 Å². The molecule has 5 nitrogen and oxygen atoms in total. The molecule has 2 aromatic heterocycles. The van der Waals surface area contributed by atoms with Gasteiger partial charge in [0.1, 0.15) is 0 Å². The van der Waals surface area contributed by atoms with E-state index >= 15 is 0 Å². The van der Waals surface area contributed by atoms with Crippen LogP contribution in [-0.2, 0) is 13.1 Å². The fourth-order valence-electron chi connectivity index (χ4n) is 3.51. The molecule has 1 amide bonds. The van der Waals surface area contributed by atoms with E-state index in [4.69, 9.17) is 0 Å². The van der Waals surface area contributed by atoms with Gasteiger partial charge in [0.2, 0.25) is 0 Å². The van der Waals surface area contributed by atoms with Crippen LogP contribution in [0, 0.1) is 13.8 Å². The molecule has 5 heteroatoms. The number of amides is 1. The summed E-state index contributed by atoms with van der Waals surface area (Å²) in [7, 11) is 0. The fraction of sp³-hybridized carbons (Fsp3) is 0.167. The quantitative estimate of drug-likeness (QED) is 0.540. The Morgan fingerprint density at radius 3 is 2.41 bits per heavy atom. The van der Waals surface area contributed by atoms with Crippen molar-refractivity contribution in [3.63, 3.8) is 0 Å². The van der Waals surface area contributed by atoms with Gasteiger partial charge in [-0.1, -0.05) is 42.5 Å². The number of aryl methyl sites for hydroxylation is 1. The van der Waals surface area contributed by atoms with Crippen LogP contribution in [0.5, 0.6) is 0 Å². The van der Waals surface area contributed by atoms with E-state index in [0.717, 1.165) is 34.7 Å². The molecule has 0 saturated heterocycles. The van der Waals surface area contributed by atoms with Crippen molar-refractivity contribution in [1.82, 2.24) is 19.7 Å². The molecule has 4 rings (SSSR count). The molecule has 2 aromatic carbocycles. The van der Waals surface area contributed by atoms with Gasteiger partial charge in [0, 0.05) is 36.9 Å². The van der Waals surface area contributed by atoms with E-state index in [1.54, 1.807) is 6.20 Å². The summed E-state index contributed by atoms with van der Waals surface area (Å²) in [4.78, 5) is 12.8. The number of rotatable bonds is 6. The van der Waals surface area contributed by atoms with E-state index in [1.165, 1.54) is 5.56 Å². The molecule has 0 aliphatic rings. The molecule has 0 spiro atoms. The van der Waals surface area contributed by atoms with E-state index in [9.17, 15) is 4.79 Å². The fourth-order valence-corrected chi connectivity index (χ4v) is 3.51. The summed E-state index contributed by atoms with van der Waals surface area (Å²) in [6, 6.07) is 22.2. The molecule has 146 valence electrons. The molecule has 0 radical (unpaired) electrons. The Morgan fingerprint density at radius 2 is 1.72 bits per heavy atom. The molecule has 0 fully saturated rings. The minimum absolute atomic E-state index is 0.0476. The van der Waals surface area contributed by atoms with Crippen molar-refractivity contribution in [3.05, 3.63) is 107 Å². The Labute approximate surface area is 170 Å². The van der Waals surface area contributed by atoms with Gasteiger partial charge in [-0.05, 0) is 49.2 Å². The average molecular weight is 384 g/mol. The lowest BCUT2D eigenvalue weighted by Gasteiger charge is -2.10. The first kappa shape index (κ1) is 18.7. The van der Waals surface area contributed by atoms with Crippen LogP contribution in [0.2, 0.25) is 0 Å². The van der Waals surface area contributed by atoms with Gasteiger partial charge in [-0.3, -0.25) is 4.79 Å². The standard InChI is InChI=1S/C24H24N4O/c1-18-15-23(19(2)27(18)17-21-7-4-3-5-8-21)24(29)25-16-20-9-11-22(12-10-20)28-14-6-13-26-28/h3-15H,16-17H2,1-2H3,(H,25,29). The largest absolute Gasteiger partial charge is 0.348 e. The molecule has 0 bridgehead atoms. The number of nitrogens with zero attached hydrogens (tertiary/aromatic N) is 3. The Balaban J connectivity index is 1.43. The highest BCUT2D eigenvalue weighted by molar-refractivity contribution is 5.95. The van der Waals surface area contributed by atoms with Crippen LogP contribution in [0.1, 0.15) is 32.9 Å². The van der Waals surface area contributed by atoms with Gasteiger partial charge in [-0.2, -0.15) is 5.10 Å². The zero-order chi connectivity index (χ0) is 20.2. The molecule has 0 atom stereocenters. The second-order valence-electron chi connectivity index (χ2n) is 7.16. The molecule has 29 heavy (non-hydrogen) atoms. The zero-order valence-corrected chi connectivity index (χ0v) is 16.7. The first-order valence-electron chi connectivity index (χ1n) is 9.69. The number of nitrogens with one attached hydrogen (secondary N) is 1. The van der Waals surface area contributed by atoms with E-state index in [-0.39, 0.29) is 5.91 Å². The van der Waals surface area contributed by atoms with E-state index in [1.807, 2.05) is 79.3 Å². The minimum atomic E-state index is -0.0476. The first-order valence-corrected chi connectivity index (χ1v) is 9.69. The third-order valence-electron chi connectivity index (χ3n) is 5.16. The van der Waals surface area contributed by atoms with Gasteiger partial charge < -0.3 is 9.88 Å². The van der Waals surface area contributed by atoms with Crippen molar-refractivity contribution in [1.29, 1.82) is 0 Å². The molecule has 4 aromatic rings. The van der Waals surface area contributed by atoms with Gasteiger partial charge >= 0.3 is 0 Å². The van der Waals surface area contributed by atoms with Crippen LogP contribution in [0.3, 0.4) is 0 Å². The predicted molar refractivity (Wildman–Crippen MR) is 114 cm³/mol. The lowest BCUT2D eigenvalue weighted by molar-refractivity contribution is 0.0950. The Kier molecular flexibility index (Phi) is 5.29. The van der Waals surface area contributed by atoms with Crippen LogP contribution in [0.25, 0.3) is 5.69 Å². The number of aromatic nitrogens is 3. The summed E-state index contributed by atoms with van der Waals surface area (Å²) in [6.45, 7) is 5.30. The molecular formula is C24H24N4O. The summed E-state index contributed by atoms with van der Waals surface area (Å²) in [5.74, 6) is -0.0476. The Bertz CT molecular complexity index is 1090. The predicted octanol–water partition coefficient (Wildman–Crippen LogP) is 4.27. The third kappa shape index (κ3) is 4.14. The summed E-state index contributed by atoms with van der Waals surface area (Å²) >= 11 is 0.